The second-order valence-corrected chi connectivity index (χ2v) is 6.20. The quantitative estimate of drug-likeness (QED) is 0.790. The first-order valence-electron chi connectivity index (χ1n) is 5.97. The number of thioether (sulfide) groups is 1. The van der Waals surface area contributed by atoms with E-state index in [0.717, 1.165) is 28.1 Å². The highest BCUT2D eigenvalue weighted by Crippen LogP contribution is 2.26. The van der Waals surface area contributed by atoms with Gasteiger partial charge in [-0.1, -0.05) is 37.2 Å². The average Bonchev–Trinajstić information content (AvgIpc) is 2.72. The molecule has 0 spiro atoms. The molecule has 1 heterocycles. The number of nitrogens with zero attached hydrogens (tertiary/aromatic N) is 3. The number of aromatic nitrogens is 3. The lowest BCUT2D eigenvalue weighted by Gasteiger charge is -2.08. The summed E-state index contributed by atoms with van der Waals surface area (Å²) in [6, 6.07) is 7.70. The summed E-state index contributed by atoms with van der Waals surface area (Å²) >= 11 is 7.63. The van der Waals surface area contributed by atoms with Crippen LogP contribution in [0.3, 0.4) is 0 Å². The maximum absolute atomic E-state index is 5.90. The van der Waals surface area contributed by atoms with Crippen molar-refractivity contribution in [2.75, 3.05) is 0 Å². The fraction of sp³-hybridized carbons (Fsp3) is 0.385. The topological polar surface area (TPSA) is 30.7 Å². The third kappa shape index (κ3) is 2.87. The second kappa shape index (κ2) is 5.76. The van der Waals surface area contributed by atoms with Gasteiger partial charge in [0.15, 0.2) is 11.0 Å². The molecule has 0 aliphatic rings. The Morgan fingerprint density at radius 2 is 1.89 bits per heavy atom. The van der Waals surface area contributed by atoms with E-state index in [1.165, 1.54) is 0 Å². The number of hydrogen-bond acceptors (Lipinski definition) is 3. The van der Waals surface area contributed by atoms with E-state index < -0.39 is 0 Å². The van der Waals surface area contributed by atoms with Crippen molar-refractivity contribution in [2.45, 2.75) is 37.7 Å². The monoisotopic (exact) mass is 281 g/mol. The van der Waals surface area contributed by atoms with Gasteiger partial charge in [-0.25, -0.2) is 0 Å². The summed E-state index contributed by atoms with van der Waals surface area (Å²) in [4.78, 5) is 0. The molecular weight excluding hydrogens is 266 g/mol. The molecule has 0 atom stereocenters. The van der Waals surface area contributed by atoms with Gasteiger partial charge >= 0.3 is 0 Å². The van der Waals surface area contributed by atoms with Gasteiger partial charge in [0.2, 0.25) is 0 Å². The van der Waals surface area contributed by atoms with Crippen LogP contribution < -0.4 is 0 Å². The second-order valence-electron chi connectivity index (χ2n) is 4.22. The third-order valence-corrected chi connectivity index (χ3v) is 3.71. The highest BCUT2D eigenvalue weighted by molar-refractivity contribution is 7.99. The lowest BCUT2D eigenvalue weighted by Crippen LogP contribution is -2.01. The molecule has 18 heavy (non-hydrogen) atoms. The van der Waals surface area contributed by atoms with Crippen LogP contribution in [0.25, 0.3) is 11.4 Å². The zero-order valence-electron chi connectivity index (χ0n) is 10.7. The molecule has 1 aromatic heterocycles. The minimum atomic E-state index is 0.498. The Balaban J connectivity index is 2.39. The van der Waals surface area contributed by atoms with Gasteiger partial charge in [-0.2, -0.15) is 0 Å². The number of hydrogen-bond donors (Lipinski definition) is 0. The summed E-state index contributed by atoms with van der Waals surface area (Å²) in [7, 11) is 0. The van der Waals surface area contributed by atoms with Crippen LogP contribution in [0.15, 0.2) is 29.4 Å². The highest BCUT2D eigenvalue weighted by atomic mass is 35.5. The molecule has 5 heteroatoms. The first kappa shape index (κ1) is 13.4. The number of halogens is 1. The van der Waals surface area contributed by atoms with E-state index >= 15 is 0 Å². The van der Waals surface area contributed by atoms with Crippen molar-refractivity contribution in [3.8, 4) is 11.4 Å². The molecule has 0 saturated carbocycles. The van der Waals surface area contributed by atoms with Gasteiger partial charge in [0.1, 0.15) is 0 Å². The van der Waals surface area contributed by atoms with E-state index in [0.29, 0.717) is 5.25 Å². The molecule has 0 unspecified atom stereocenters. The maximum Gasteiger partial charge on any atom is 0.191 e. The highest BCUT2D eigenvalue weighted by Gasteiger charge is 2.13. The summed E-state index contributed by atoms with van der Waals surface area (Å²) in [5, 5.41) is 10.8. The largest absolute Gasteiger partial charge is 0.302 e. The van der Waals surface area contributed by atoms with Gasteiger partial charge in [0.05, 0.1) is 0 Å². The Morgan fingerprint density at radius 1 is 1.22 bits per heavy atom. The summed E-state index contributed by atoms with van der Waals surface area (Å²) < 4.78 is 2.13. The molecule has 0 N–H and O–H groups in total. The minimum Gasteiger partial charge on any atom is -0.302 e. The van der Waals surface area contributed by atoms with E-state index in [2.05, 4.69) is 35.5 Å². The molecule has 0 amide bonds. The zero-order valence-corrected chi connectivity index (χ0v) is 12.3. The van der Waals surface area contributed by atoms with Crippen LogP contribution in [0.2, 0.25) is 5.02 Å². The van der Waals surface area contributed by atoms with Crippen molar-refractivity contribution in [3.63, 3.8) is 0 Å². The van der Waals surface area contributed by atoms with Crippen molar-refractivity contribution < 1.29 is 0 Å². The van der Waals surface area contributed by atoms with E-state index in [4.69, 9.17) is 11.6 Å². The molecule has 0 aliphatic carbocycles. The SMILES string of the molecule is CCn1c(SC(C)C)nnc1-c1ccc(Cl)cc1. The van der Waals surface area contributed by atoms with E-state index in [-0.39, 0.29) is 0 Å². The molecule has 0 saturated heterocycles. The fourth-order valence-electron chi connectivity index (χ4n) is 1.68. The van der Waals surface area contributed by atoms with Crippen molar-refractivity contribution >= 4 is 23.4 Å². The Bertz CT molecular complexity index is 520. The minimum absolute atomic E-state index is 0.498. The van der Waals surface area contributed by atoms with Crippen LogP contribution >= 0.6 is 23.4 Å². The maximum atomic E-state index is 5.90. The van der Waals surface area contributed by atoms with Gasteiger partial charge < -0.3 is 4.57 Å². The van der Waals surface area contributed by atoms with Crippen molar-refractivity contribution in [2.24, 2.45) is 0 Å². The summed E-state index contributed by atoms with van der Waals surface area (Å²) in [5.74, 6) is 0.900. The fourth-order valence-corrected chi connectivity index (χ4v) is 2.66. The third-order valence-electron chi connectivity index (χ3n) is 2.48. The molecule has 0 fully saturated rings. The molecule has 0 aliphatic heterocycles. The lowest BCUT2D eigenvalue weighted by molar-refractivity contribution is 0.686. The molecule has 0 radical (unpaired) electrons. The summed E-state index contributed by atoms with van der Waals surface area (Å²) in [6.45, 7) is 7.27. The normalized spacial score (nSPS) is 11.2. The van der Waals surface area contributed by atoms with E-state index in [1.807, 2.05) is 24.3 Å². The zero-order chi connectivity index (χ0) is 13.1. The Labute approximate surface area is 117 Å². The van der Waals surface area contributed by atoms with Gasteiger partial charge in [-0.05, 0) is 31.2 Å². The molecule has 2 rings (SSSR count). The first-order chi connectivity index (χ1) is 8.61. The first-order valence-corrected chi connectivity index (χ1v) is 7.23. The van der Waals surface area contributed by atoms with Crippen molar-refractivity contribution in [3.05, 3.63) is 29.3 Å². The van der Waals surface area contributed by atoms with Crippen molar-refractivity contribution in [1.82, 2.24) is 14.8 Å². The molecule has 2 aromatic rings. The predicted octanol–water partition coefficient (Wildman–Crippen LogP) is 4.12. The van der Waals surface area contributed by atoms with E-state index in [9.17, 15) is 0 Å². The van der Waals surface area contributed by atoms with Gasteiger partial charge in [-0.3, -0.25) is 0 Å². The molecule has 96 valence electrons. The standard InChI is InChI=1S/C13H16ClN3S/c1-4-17-12(10-5-7-11(14)8-6-10)15-16-13(17)18-9(2)3/h5-9H,4H2,1-3H3. The van der Waals surface area contributed by atoms with E-state index in [1.54, 1.807) is 11.8 Å². The van der Waals surface area contributed by atoms with Gasteiger partial charge in [0, 0.05) is 22.4 Å². The van der Waals surface area contributed by atoms with Crippen LogP contribution in [0.1, 0.15) is 20.8 Å². The predicted molar refractivity (Wildman–Crippen MR) is 77.1 cm³/mol. The van der Waals surface area contributed by atoms with Crippen LogP contribution in [0.4, 0.5) is 0 Å². The van der Waals surface area contributed by atoms with Crippen LogP contribution in [0, 0.1) is 0 Å². The number of rotatable bonds is 4. The molecule has 1 aromatic carbocycles. The van der Waals surface area contributed by atoms with Crippen molar-refractivity contribution in [1.29, 1.82) is 0 Å². The van der Waals surface area contributed by atoms with Gasteiger partial charge in [0.25, 0.3) is 0 Å². The molecule has 3 nitrogen and oxygen atoms in total. The number of benzene rings is 1. The lowest BCUT2D eigenvalue weighted by atomic mass is 10.2. The van der Waals surface area contributed by atoms with Gasteiger partial charge in [-0.15, -0.1) is 10.2 Å². The van der Waals surface area contributed by atoms with Crippen LogP contribution in [0.5, 0.6) is 0 Å². The van der Waals surface area contributed by atoms with Crippen LogP contribution in [-0.4, -0.2) is 20.0 Å². The summed E-state index contributed by atoms with van der Waals surface area (Å²) in [5.41, 5.74) is 1.05. The average molecular weight is 282 g/mol. The molecule has 0 bridgehead atoms. The molecular formula is C13H16ClN3S. The summed E-state index contributed by atoms with van der Waals surface area (Å²) in [6.07, 6.45) is 0. The Hall–Kier alpha value is -1.00. The Kier molecular flexibility index (Phi) is 4.30. The Morgan fingerprint density at radius 3 is 2.44 bits per heavy atom. The van der Waals surface area contributed by atoms with Crippen LogP contribution in [-0.2, 0) is 6.54 Å². The smallest absolute Gasteiger partial charge is 0.191 e.